The van der Waals surface area contributed by atoms with Crippen LogP contribution in [0.15, 0.2) is 29.1 Å². The van der Waals surface area contributed by atoms with E-state index in [1.807, 2.05) is 13.8 Å². The average Bonchev–Trinajstić information content (AvgIpc) is 3.06. The van der Waals surface area contributed by atoms with Crippen LogP contribution in [0.25, 0.3) is 10.9 Å². The molecular weight excluding hydrogens is 322 g/mol. The third-order valence-electron chi connectivity index (χ3n) is 3.70. The Morgan fingerprint density at radius 3 is 2.88 bits per heavy atom. The summed E-state index contributed by atoms with van der Waals surface area (Å²) in [7, 11) is 0. The van der Waals surface area contributed by atoms with Crippen LogP contribution in [0.5, 0.6) is 0 Å². The van der Waals surface area contributed by atoms with Gasteiger partial charge < -0.3 is 0 Å². The number of nitrogens with zero attached hydrogens (tertiary/aromatic N) is 5. The molecule has 0 radical (unpaired) electrons. The van der Waals surface area contributed by atoms with Crippen LogP contribution in [0.4, 0.5) is 5.95 Å². The van der Waals surface area contributed by atoms with E-state index in [1.54, 1.807) is 24.3 Å². The summed E-state index contributed by atoms with van der Waals surface area (Å²) >= 11 is 0. The van der Waals surface area contributed by atoms with Crippen molar-refractivity contribution in [3.8, 4) is 0 Å². The molecule has 0 saturated carbocycles. The second-order valence-corrected chi connectivity index (χ2v) is 5.99. The molecule has 1 amide bonds. The molecule has 130 valence electrons. The first-order chi connectivity index (χ1) is 12.0. The first-order valence-corrected chi connectivity index (χ1v) is 8.09. The number of hydrogen-bond acceptors (Lipinski definition) is 6. The highest BCUT2D eigenvalue weighted by Gasteiger charge is 2.10. The maximum Gasteiger partial charge on any atom is 0.277 e. The fourth-order valence-electron chi connectivity index (χ4n) is 2.33. The van der Waals surface area contributed by atoms with Crippen LogP contribution in [-0.2, 0) is 11.3 Å². The lowest BCUT2D eigenvalue weighted by Gasteiger charge is -2.04. The smallest absolute Gasteiger partial charge is 0.277 e. The topological polar surface area (TPSA) is 118 Å². The maximum atomic E-state index is 12.3. The van der Waals surface area contributed by atoms with E-state index in [-0.39, 0.29) is 29.8 Å². The Balaban J connectivity index is 1.56. The van der Waals surface area contributed by atoms with Gasteiger partial charge in [0.1, 0.15) is 11.3 Å². The number of benzene rings is 1. The molecule has 0 bridgehead atoms. The number of carbonyl (C=O) groups excluding carboxylic acids is 1. The molecule has 1 aromatic carbocycles. The number of aromatic nitrogens is 6. The Bertz CT molecular complexity index is 945. The standard InChI is InChI=1S/C16H19N7O2/c1-10(2)14-18-16(21-20-14)17-13(24)8-5-9-23-15(25)11-6-3-4-7-12(11)19-22-23/h3-4,6-7,10H,5,8-9H2,1-2H3,(H2,17,18,20,21,24). The molecule has 9 nitrogen and oxygen atoms in total. The molecule has 0 aliphatic rings. The predicted molar refractivity (Wildman–Crippen MR) is 92.1 cm³/mol. The number of anilines is 1. The van der Waals surface area contributed by atoms with Gasteiger partial charge in [-0.15, -0.1) is 10.2 Å². The minimum absolute atomic E-state index is 0.205. The SMILES string of the molecule is CC(C)c1nc(NC(=O)CCCn2nnc3ccccc3c2=O)n[nH]1. The molecule has 0 fully saturated rings. The Labute approximate surface area is 143 Å². The number of fused-ring (bicyclic) bond motifs is 1. The minimum atomic E-state index is -0.212. The quantitative estimate of drug-likeness (QED) is 0.700. The number of carbonyl (C=O) groups is 1. The first kappa shape index (κ1) is 16.7. The molecule has 3 aromatic rings. The summed E-state index contributed by atoms with van der Waals surface area (Å²) in [6.07, 6.45) is 0.687. The summed E-state index contributed by atoms with van der Waals surface area (Å²) in [6.45, 7) is 4.28. The van der Waals surface area contributed by atoms with Gasteiger partial charge in [0.05, 0.1) is 5.39 Å². The maximum absolute atomic E-state index is 12.3. The molecule has 0 saturated heterocycles. The van der Waals surface area contributed by atoms with Crippen molar-refractivity contribution in [2.24, 2.45) is 0 Å². The fraction of sp³-hybridized carbons (Fsp3) is 0.375. The van der Waals surface area contributed by atoms with Gasteiger partial charge in [-0.3, -0.25) is 20.0 Å². The van der Waals surface area contributed by atoms with E-state index in [4.69, 9.17) is 0 Å². The van der Waals surface area contributed by atoms with Crippen LogP contribution in [0, 0.1) is 0 Å². The number of aromatic amines is 1. The molecule has 3 rings (SSSR count). The zero-order chi connectivity index (χ0) is 17.8. The van der Waals surface area contributed by atoms with Crippen molar-refractivity contribution in [1.29, 1.82) is 0 Å². The lowest BCUT2D eigenvalue weighted by Crippen LogP contribution is -2.25. The summed E-state index contributed by atoms with van der Waals surface area (Å²) in [5.74, 6) is 0.970. The third kappa shape index (κ3) is 3.87. The van der Waals surface area contributed by atoms with Gasteiger partial charge in [-0.2, -0.15) is 4.98 Å². The summed E-state index contributed by atoms with van der Waals surface area (Å²) in [6, 6.07) is 7.04. The zero-order valence-corrected chi connectivity index (χ0v) is 14.1. The Kier molecular flexibility index (Phi) is 4.82. The number of hydrogen-bond donors (Lipinski definition) is 2. The van der Waals surface area contributed by atoms with Crippen molar-refractivity contribution in [3.63, 3.8) is 0 Å². The van der Waals surface area contributed by atoms with Gasteiger partial charge in [-0.05, 0) is 18.6 Å². The monoisotopic (exact) mass is 341 g/mol. The fourth-order valence-corrected chi connectivity index (χ4v) is 2.33. The summed E-state index contributed by atoms with van der Waals surface area (Å²) in [5.41, 5.74) is 0.355. The molecule has 2 N–H and O–H groups in total. The average molecular weight is 341 g/mol. The zero-order valence-electron chi connectivity index (χ0n) is 14.1. The molecule has 0 unspecified atom stereocenters. The van der Waals surface area contributed by atoms with Gasteiger partial charge in [0, 0.05) is 18.9 Å². The largest absolute Gasteiger partial charge is 0.293 e. The van der Waals surface area contributed by atoms with Crippen molar-refractivity contribution < 1.29 is 4.79 Å². The summed E-state index contributed by atoms with van der Waals surface area (Å²) in [4.78, 5) is 28.4. The normalized spacial score (nSPS) is 11.2. The van der Waals surface area contributed by atoms with Gasteiger partial charge in [-0.1, -0.05) is 31.2 Å². The predicted octanol–water partition coefficient (Wildman–Crippen LogP) is 1.45. The second kappa shape index (κ2) is 7.20. The molecule has 0 aliphatic carbocycles. The van der Waals surface area contributed by atoms with Crippen molar-refractivity contribution in [1.82, 2.24) is 30.2 Å². The van der Waals surface area contributed by atoms with E-state index in [0.717, 1.165) is 0 Å². The molecule has 0 spiro atoms. The number of rotatable bonds is 6. The van der Waals surface area contributed by atoms with Crippen LogP contribution in [0.2, 0.25) is 0 Å². The second-order valence-electron chi connectivity index (χ2n) is 5.99. The molecule has 0 aliphatic heterocycles. The Morgan fingerprint density at radius 2 is 2.12 bits per heavy atom. The Morgan fingerprint density at radius 1 is 1.32 bits per heavy atom. The number of H-pyrrole nitrogens is 1. The van der Waals surface area contributed by atoms with Crippen LogP contribution in [-0.4, -0.2) is 36.1 Å². The highest BCUT2D eigenvalue weighted by molar-refractivity contribution is 5.88. The molecular formula is C16H19N7O2. The van der Waals surface area contributed by atoms with Gasteiger partial charge in [0.25, 0.3) is 5.56 Å². The first-order valence-electron chi connectivity index (χ1n) is 8.09. The molecule has 0 atom stereocenters. The van der Waals surface area contributed by atoms with Crippen LogP contribution >= 0.6 is 0 Å². The van der Waals surface area contributed by atoms with Crippen molar-refractivity contribution >= 4 is 22.8 Å². The van der Waals surface area contributed by atoms with E-state index < -0.39 is 0 Å². The van der Waals surface area contributed by atoms with E-state index in [9.17, 15) is 9.59 Å². The molecule has 9 heteroatoms. The molecule has 2 aromatic heterocycles. The van der Waals surface area contributed by atoms with Gasteiger partial charge >= 0.3 is 0 Å². The third-order valence-corrected chi connectivity index (χ3v) is 3.70. The van der Waals surface area contributed by atoms with Crippen LogP contribution in [0.3, 0.4) is 0 Å². The lowest BCUT2D eigenvalue weighted by atomic mass is 10.2. The van der Waals surface area contributed by atoms with Crippen molar-refractivity contribution in [3.05, 3.63) is 40.4 Å². The van der Waals surface area contributed by atoms with Crippen molar-refractivity contribution in [2.45, 2.75) is 39.2 Å². The van der Waals surface area contributed by atoms with Gasteiger partial charge in [0.15, 0.2) is 0 Å². The van der Waals surface area contributed by atoms with E-state index in [2.05, 4.69) is 30.8 Å². The van der Waals surface area contributed by atoms with E-state index in [0.29, 0.717) is 29.7 Å². The van der Waals surface area contributed by atoms with E-state index >= 15 is 0 Å². The Hall–Kier alpha value is -3.10. The van der Waals surface area contributed by atoms with E-state index in [1.165, 1.54) is 4.68 Å². The number of amides is 1. The number of aryl methyl sites for hydroxylation is 1. The van der Waals surface area contributed by atoms with Crippen LogP contribution in [0.1, 0.15) is 38.4 Å². The number of nitrogens with one attached hydrogen (secondary N) is 2. The highest BCUT2D eigenvalue weighted by atomic mass is 16.2. The lowest BCUT2D eigenvalue weighted by molar-refractivity contribution is -0.116. The summed E-state index contributed by atoms with van der Waals surface area (Å²) < 4.78 is 1.28. The molecule has 2 heterocycles. The van der Waals surface area contributed by atoms with Gasteiger partial charge in [-0.25, -0.2) is 4.68 Å². The summed E-state index contributed by atoms with van der Waals surface area (Å²) in [5, 5.41) is 17.8. The van der Waals surface area contributed by atoms with Crippen molar-refractivity contribution in [2.75, 3.05) is 5.32 Å². The minimum Gasteiger partial charge on any atom is -0.293 e. The van der Waals surface area contributed by atoms with Gasteiger partial charge in [0.2, 0.25) is 11.9 Å². The highest BCUT2D eigenvalue weighted by Crippen LogP contribution is 2.10. The molecule has 25 heavy (non-hydrogen) atoms. The van der Waals surface area contributed by atoms with Crippen LogP contribution < -0.4 is 10.9 Å².